The van der Waals surface area contributed by atoms with Crippen LogP contribution in [0.1, 0.15) is 0 Å². The van der Waals surface area contributed by atoms with Crippen LogP contribution in [0.5, 0.6) is 0 Å². The minimum absolute atomic E-state index is 0. The summed E-state index contributed by atoms with van der Waals surface area (Å²) in [6.07, 6.45) is 0. The first kappa shape index (κ1) is 15.7. The van der Waals surface area contributed by atoms with Crippen molar-refractivity contribution in [2.75, 3.05) is 6.54 Å². The first-order valence-corrected chi connectivity index (χ1v) is 1.19. The summed E-state index contributed by atoms with van der Waals surface area (Å²) in [6.45, 7) is -0.278. The van der Waals surface area contributed by atoms with E-state index in [1.54, 1.807) is 0 Å². The summed E-state index contributed by atoms with van der Waals surface area (Å²) in [5, 5.41) is 7.60. The van der Waals surface area contributed by atoms with E-state index in [-0.39, 0.29) is 36.3 Å². The van der Waals surface area contributed by atoms with Crippen LogP contribution < -0.4 is 18.1 Å². The Balaban J connectivity index is -0.0000000800. The van der Waals surface area contributed by atoms with Gasteiger partial charge in [-0.15, -0.1) is 0 Å². The van der Waals surface area contributed by atoms with Gasteiger partial charge in [0.1, 0.15) is 0 Å². The molecule has 3 nitrogen and oxygen atoms in total. The second kappa shape index (κ2) is 9.54. The molecule has 7 heavy (non-hydrogen) atoms. The van der Waals surface area contributed by atoms with Crippen LogP contribution in [0.15, 0.2) is 0 Å². The topological polar surface area (TPSA) is 63.3 Å². The zero-order valence-electron chi connectivity index (χ0n) is 3.60. The Hall–Kier alpha value is 0.252. The Kier molecular flexibility index (Phi) is 21.4. The largest absolute Gasteiger partial charge is 3.00 e. The molecule has 0 aliphatic rings. The fourth-order valence-corrected chi connectivity index (χ4v) is 0. The molecule has 0 saturated carbocycles. The maximum absolute atomic E-state index is 9.24. The van der Waals surface area contributed by atoms with Gasteiger partial charge in [-0.25, -0.2) is 0 Å². The average Bonchev–Trinajstić information content (AvgIpc) is 1.38. The molecular weight excluding hydrogens is 132 g/mol. The summed E-state index contributed by atoms with van der Waals surface area (Å²) in [6, 6.07) is 0. The summed E-state index contributed by atoms with van der Waals surface area (Å²) in [7, 11) is 0. The van der Waals surface area contributed by atoms with Crippen molar-refractivity contribution in [1.82, 2.24) is 0 Å². The van der Waals surface area contributed by atoms with Crippen molar-refractivity contribution < 1.29 is 22.3 Å². The van der Waals surface area contributed by atoms with Crippen molar-refractivity contribution in [2.45, 2.75) is 0 Å². The standard InChI is InChI=1S/C2H5NO2.Al.ClH/c3-1-2(4)5;;/h1,3H2,(H,4,5);;1H/q;+3;/p-1. The van der Waals surface area contributed by atoms with Crippen molar-refractivity contribution in [3.63, 3.8) is 0 Å². The maximum atomic E-state index is 9.24. The van der Waals surface area contributed by atoms with E-state index in [0.29, 0.717) is 0 Å². The zero-order valence-corrected chi connectivity index (χ0v) is 5.51. The third kappa shape index (κ3) is 22.3. The van der Waals surface area contributed by atoms with Crippen LogP contribution in [0, 0.1) is 0 Å². The summed E-state index contributed by atoms with van der Waals surface area (Å²) < 4.78 is 0. The second-order valence-electron chi connectivity index (χ2n) is 0.598. The summed E-state index contributed by atoms with van der Waals surface area (Å²) in [4.78, 5) is 9.24. The molecule has 5 heteroatoms. The Morgan fingerprint density at radius 2 is 1.86 bits per heavy atom. The third-order valence-electron chi connectivity index (χ3n) is 0.175. The number of carbonyl (C=O) groups is 1. The molecule has 38 valence electrons. The molecule has 0 fully saturated rings. The number of hydrogen-bond acceptors (Lipinski definition) is 2. The number of carboxylic acid groups (broad SMARTS) is 1. The molecule has 0 aromatic heterocycles. The minimum atomic E-state index is -0.968. The van der Waals surface area contributed by atoms with Crippen molar-refractivity contribution in [3.05, 3.63) is 0 Å². The molecule has 0 amide bonds. The molecule has 0 aromatic rings. The van der Waals surface area contributed by atoms with Crippen molar-refractivity contribution in [2.24, 2.45) is 5.73 Å². The predicted octanol–water partition coefficient (Wildman–Crippen LogP) is -4.35. The van der Waals surface area contributed by atoms with Gasteiger partial charge in [0.05, 0.1) is 6.54 Å². The molecule has 0 atom stereocenters. The average molecular weight is 138 g/mol. The van der Waals surface area contributed by atoms with E-state index < -0.39 is 5.97 Å². The fraction of sp³-hybridized carbons (Fsp3) is 0.500. The smallest absolute Gasteiger partial charge is 1.00 e. The van der Waals surface area contributed by atoms with E-state index in [1.807, 2.05) is 0 Å². The van der Waals surface area contributed by atoms with Crippen molar-refractivity contribution >= 4 is 23.3 Å². The number of halogens is 1. The molecule has 0 saturated heterocycles. The third-order valence-corrected chi connectivity index (χ3v) is 0.175. The number of aliphatic carboxylic acids is 1. The Morgan fingerprint density at radius 3 is 1.86 bits per heavy atom. The van der Waals surface area contributed by atoms with Gasteiger partial charge in [-0.05, 0) is 0 Å². The quantitative estimate of drug-likeness (QED) is 0.359. The van der Waals surface area contributed by atoms with Gasteiger partial charge in [0, 0.05) is 0 Å². The monoisotopic (exact) mass is 137 g/mol. The molecule has 0 spiro atoms. The number of nitrogens with two attached hydrogens (primary N) is 1. The van der Waals surface area contributed by atoms with Gasteiger partial charge in [0.2, 0.25) is 0 Å². The van der Waals surface area contributed by atoms with Gasteiger partial charge in [0.25, 0.3) is 0 Å². The first-order valence-electron chi connectivity index (χ1n) is 1.19. The normalized spacial score (nSPS) is 5.29. The van der Waals surface area contributed by atoms with E-state index in [9.17, 15) is 4.79 Å². The first-order chi connectivity index (χ1) is 2.27. The molecule has 3 N–H and O–H groups in total. The molecule has 0 rings (SSSR count). The molecule has 0 radical (unpaired) electrons. The summed E-state index contributed by atoms with van der Waals surface area (Å²) in [5.74, 6) is -0.968. The molecule has 0 unspecified atom stereocenters. The Morgan fingerprint density at radius 1 is 1.71 bits per heavy atom. The second-order valence-corrected chi connectivity index (χ2v) is 0.598. The number of hydrogen-bond donors (Lipinski definition) is 2. The van der Waals surface area contributed by atoms with Gasteiger partial charge >= 0.3 is 23.3 Å². The van der Waals surface area contributed by atoms with E-state index in [2.05, 4.69) is 5.73 Å². The Bertz CT molecular complexity index is 51.0. The van der Waals surface area contributed by atoms with Gasteiger partial charge in [-0.2, -0.15) is 0 Å². The van der Waals surface area contributed by atoms with Gasteiger partial charge < -0.3 is 23.2 Å². The summed E-state index contributed by atoms with van der Waals surface area (Å²) in [5.41, 5.74) is 4.57. The number of rotatable bonds is 1. The fourth-order valence-electron chi connectivity index (χ4n) is 0. The van der Waals surface area contributed by atoms with Crippen LogP contribution in [0.3, 0.4) is 0 Å². The van der Waals surface area contributed by atoms with E-state index >= 15 is 0 Å². The SMILES string of the molecule is NCC(=O)O.[Al+3].[Cl-]. The molecular formula is C2H5AlClNO2+2. The van der Waals surface area contributed by atoms with Crippen LogP contribution in [0.2, 0.25) is 0 Å². The van der Waals surface area contributed by atoms with E-state index in [1.165, 1.54) is 0 Å². The van der Waals surface area contributed by atoms with Crippen LogP contribution in [0.4, 0.5) is 0 Å². The molecule has 0 aliphatic heterocycles. The van der Waals surface area contributed by atoms with Crippen LogP contribution in [0.25, 0.3) is 0 Å². The maximum Gasteiger partial charge on any atom is 3.00 e. The van der Waals surface area contributed by atoms with E-state index in [4.69, 9.17) is 5.11 Å². The predicted molar refractivity (Wildman–Crippen MR) is 22.4 cm³/mol. The number of carboxylic acids is 1. The van der Waals surface area contributed by atoms with Gasteiger partial charge in [-0.3, -0.25) is 4.79 Å². The van der Waals surface area contributed by atoms with Crippen molar-refractivity contribution in [3.8, 4) is 0 Å². The minimum Gasteiger partial charge on any atom is -1.00 e. The van der Waals surface area contributed by atoms with E-state index in [0.717, 1.165) is 0 Å². The van der Waals surface area contributed by atoms with Crippen molar-refractivity contribution in [1.29, 1.82) is 0 Å². The molecule has 0 heterocycles. The van der Waals surface area contributed by atoms with Gasteiger partial charge in [0.15, 0.2) is 0 Å². The molecule has 0 aromatic carbocycles. The Labute approximate surface area is 58.4 Å². The molecule has 0 bridgehead atoms. The van der Waals surface area contributed by atoms with Gasteiger partial charge in [-0.1, -0.05) is 0 Å². The summed E-state index contributed by atoms with van der Waals surface area (Å²) >= 11 is 0. The van der Waals surface area contributed by atoms with Crippen LogP contribution in [-0.4, -0.2) is 35.0 Å². The van der Waals surface area contributed by atoms with Crippen LogP contribution >= 0.6 is 0 Å². The molecule has 0 aliphatic carbocycles. The zero-order chi connectivity index (χ0) is 4.28. The van der Waals surface area contributed by atoms with Crippen LogP contribution in [-0.2, 0) is 4.79 Å².